The molecule has 3 heterocycles. The predicted molar refractivity (Wildman–Crippen MR) is 110 cm³/mol. The van der Waals surface area contributed by atoms with E-state index in [-0.39, 0.29) is 5.78 Å². The first-order valence-electron chi connectivity index (χ1n) is 8.59. The van der Waals surface area contributed by atoms with Gasteiger partial charge in [0.15, 0.2) is 5.82 Å². The van der Waals surface area contributed by atoms with Gasteiger partial charge in [0.05, 0.1) is 15.6 Å². The maximum atomic E-state index is 11.5. The van der Waals surface area contributed by atoms with E-state index in [0.717, 1.165) is 38.0 Å². The average molecular weight is 410 g/mol. The zero-order valence-electron chi connectivity index (χ0n) is 15.2. The Morgan fingerprint density at radius 1 is 1.21 bits per heavy atom. The summed E-state index contributed by atoms with van der Waals surface area (Å²) in [6, 6.07) is 9.50. The number of rotatable bonds is 5. The van der Waals surface area contributed by atoms with Crippen molar-refractivity contribution in [3.05, 3.63) is 59.1 Å². The smallest absolute Gasteiger partial charge is 0.167 e. The molecule has 0 unspecified atom stereocenters. The van der Waals surface area contributed by atoms with E-state index in [1.54, 1.807) is 13.1 Å². The van der Waals surface area contributed by atoms with Gasteiger partial charge in [-0.3, -0.25) is 14.9 Å². The van der Waals surface area contributed by atoms with Gasteiger partial charge in [-0.25, -0.2) is 9.97 Å². The van der Waals surface area contributed by atoms with Crippen LogP contribution in [0.5, 0.6) is 0 Å². The second kappa shape index (κ2) is 7.61. The number of hydrogen-bond acceptors (Lipinski definition) is 6. The third kappa shape index (κ3) is 3.58. The molecule has 0 fully saturated rings. The van der Waals surface area contributed by atoms with Crippen molar-refractivity contribution >= 4 is 28.7 Å². The van der Waals surface area contributed by atoms with Crippen molar-refractivity contribution in [3.63, 3.8) is 0 Å². The van der Waals surface area contributed by atoms with Crippen molar-refractivity contribution in [1.82, 2.24) is 25.1 Å². The van der Waals surface area contributed by atoms with Crippen LogP contribution in [0.1, 0.15) is 18.2 Å². The van der Waals surface area contributed by atoms with E-state index in [4.69, 9.17) is 16.6 Å². The quantitative estimate of drug-likeness (QED) is 0.514. The Morgan fingerprint density at radius 3 is 2.75 bits per heavy atom. The number of carbonyl (C=O) groups is 1. The SMILES string of the molecule is CC(=O)Cc1cc(-c2nc(-c3ccccc3Cl)c(-c3ncn[nH]3)s2)c(C)cn1. The zero-order chi connectivity index (χ0) is 19.7. The molecule has 1 aromatic carbocycles. The highest BCUT2D eigenvalue weighted by Gasteiger charge is 2.20. The number of aryl methyl sites for hydroxylation is 1. The standard InChI is InChI=1S/C20H16ClN5OS/c1-11-9-22-13(7-12(2)27)8-15(11)20-25-17(14-5-3-4-6-16(14)21)18(28-20)19-23-10-24-26-19/h3-6,8-10H,7H2,1-2H3,(H,23,24,26). The summed E-state index contributed by atoms with van der Waals surface area (Å²) in [7, 11) is 0. The molecule has 1 N–H and O–H groups in total. The Balaban J connectivity index is 1.90. The molecule has 0 aliphatic rings. The summed E-state index contributed by atoms with van der Waals surface area (Å²) in [5.74, 6) is 0.704. The fourth-order valence-electron chi connectivity index (χ4n) is 2.90. The van der Waals surface area contributed by atoms with Gasteiger partial charge in [0.25, 0.3) is 0 Å². The Bertz CT molecular complexity index is 1150. The Labute approximate surface area is 170 Å². The third-order valence-corrected chi connectivity index (χ3v) is 5.63. The number of thiazole rings is 1. The Morgan fingerprint density at radius 2 is 2.04 bits per heavy atom. The summed E-state index contributed by atoms with van der Waals surface area (Å²) >= 11 is 7.93. The molecule has 0 aliphatic heterocycles. The predicted octanol–water partition coefficient (Wildman–Crippen LogP) is 4.75. The van der Waals surface area contributed by atoms with Crippen molar-refractivity contribution < 1.29 is 4.79 Å². The lowest BCUT2D eigenvalue weighted by atomic mass is 10.1. The molecular formula is C20H16ClN5OS. The number of benzene rings is 1. The molecule has 6 nitrogen and oxygen atoms in total. The summed E-state index contributed by atoms with van der Waals surface area (Å²) in [5.41, 5.74) is 4.22. The first-order chi connectivity index (χ1) is 13.5. The molecule has 0 atom stereocenters. The second-order valence-corrected chi connectivity index (χ2v) is 7.79. The number of aromatic nitrogens is 5. The maximum Gasteiger partial charge on any atom is 0.167 e. The molecule has 3 aromatic heterocycles. The molecule has 0 radical (unpaired) electrons. The molecule has 8 heteroatoms. The Hall–Kier alpha value is -2.90. The molecule has 0 aliphatic carbocycles. The molecule has 140 valence electrons. The van der Waals surface area contributed by atoms with E-state index in [2.05, 4.69) is 20.2 Å². The van der Waals surface area contributed by atoms with E-state index < -0.39 is 0 Å². The number of Topliss-reactive ketones (excluding diaryl/α,β-unsaturated/α-hetero) is 1. The number of aromatic amines is 1. The number of pyridine rings is 1. The number of nitrogens with zero attached hydrogens (tertiary/aromatic N) is 4. The van der Waals surface area contributed by atoms with Crippen LogP contribution in [-0.4, -0.2) is 30.9 Å². The summed E-state index contributed by atoms with van der Waals surface area (Å²) in [5, 5.41) is 8.30. The van der Waals surface area contributed by atoms with Crippen LogP contribution < -0.4 is 0 Å². The normalized spacial score (nSPS) is 11.0. The van der Waals surface area contributed by atoms with Crippen LogP contribution in [0.2, 0.25) is 5.02 Å². The van der Waals surface area contributed by atoms with Gasteiger partial charge < -0.3 is 0 Å². The van der Waals surface area contributed by atoms with Gasteiger partial charge in [-0.15, -0.1) is 11.3 Å². The number of H-pyrrole nitrogens is 1. The number of hydrogen-bond donors (Lipinski definition) is 1. The minimum absolute atomic E-state index is 0.0700. The minimum Gasteiger partial charge on any atom is -0.300 e. The van der Waals surface area contributed by atoms with E-state index in [9.17, 15) is 4.79 Å². The number of halogens is 1. The van der Waals surface area contributed by atoms with Gasteiger partial charge >= 0.3 is 0 Å². The molecule has 4 aromatic rings. The van der Waals surface area contributed by atoms with Gasteiger partial charge in [-0.05, 0) is 31.5 Å². The molecule has 0 saturated carbocycles. The van der Waals surface area contributed by atoms with Crippen LogP contribution in [0.25, 0.3) is 32.5 Å². The van der Waals surface area contributed by atoms with Crippen molar-refractivity contribution in [1.29, 1.82) is 0 Å². The van der Waals surface area contributed by atoms with Crippen LogP contribution in [0.4, 0.5) is 0 Å². The molecule has 0 amide bonds. The molecule has 0 saturated heterocycles. The Kier molecular flexibility index (Phi) is 5.02. The first kappa shape index (κ1) is 18.5. The second-order valence-electron chi connectivity index (χ2n) is 6.38. The third-order valence-electron chi connectivity index (χ3n) is 4.21. The van der Waals surface area contributed by atoms with Gasteiger partial charge in [0.2, 0.25) is 0 Å². The van der Waals surface area contributed by atoms with Crippen LogP contribution in [0.3, 0.4) is 0 Å². The lowest BCUT2D eigenvalue weighted by Crippen LogP contribution is -2.00. The fraction of sp³-hybridized carbons (Fsp3) is 0.150. The van der Waals surface area contributed by atoms with Crippen molar-refractivity contribution in [2.75, 3.05) is 0 Å². The average Bonchev–Trinajstić information content (AvgIpc) is 3.32. The largest absolute Gasteiger partial charge is 0.300 e. The van der Waals surface area contributed by atoms with E-state index >= 15 is 0 Å². The van der Waals surface area contributed by atoms with Gasteiger partial charge in [-0.1, -0.05) is 29.8 Å². The molecular weight excluding hydrogens is 394 g/mol. The summed E-state index contributed by atoms with van der Waals surface area (Å²) < 4.78 is 0. The highest BCUT2D eigenvalue weighted by molar-refractivity contribution is 7.18. The van der Waals surface area contributed by atoms with Gasteiger partial charge in [-0.2, -0.15) is 5.10 Å². The van der Waals surface area contributed by atoms with Crippen LogP contribution in [0, 0.1) is 6.92 Å². The van der Waals surface area contributed by atoms with E-state index in [0.29, 0.717) is 17.3 Å². The molecule has 28 heavy (non-hydrogen) atoms. The van der Waals surface area contributed by atoms with Crippen molar-refractivity contribution in [2.45, 2.75) is 20.3 Å². The van der Waals surface area contributed by atoms with Gasteiger partial charge in [0.1, 0.15) is 17.1 Å². The number of carbonyl (C=O) groups excluding carboxylic acids is 1. The summed E-state index contributed by atoms with van der Waals surface area (Å²) in [6.45, 7) is 3.53. The molecule has 0 bridgehead atoms. The van der Waals surface area contributed by atoms with Crippen molar-refractivity contribution in [2.24, 2.45) is 0 Å². The van der Waals surface area contributed by atoms with Crippen LogP contribution in [0.15, 0.2) is 42.9 Å². The summed E-state index contributed by atoms with van der Waals surface area (Å²) in [6.07, 6.45) is 3.54. The minimum atomic E-state index is 0.0700. The summed E-state index contributed by atoms with van der Waals surface area (Å²) in [4.78, 5) is 25.9. The van der Waals surface area contributed by atoms with Crippen LogP contribution in [-0.2, 0) is 11.2 Å². The lowest BCUT2D eigenvalue weighted by Gasteiger charge is -2.05. The maximum absolute atomic E-state index is 11.5. The fourth-order valence-corrected chi connectivity index (χ4v) is 4.23. The number of nitrogens with one attached hydrogen (secondary N) is 1. The first-order valence-corrected chi connectivity index (χ1v) is 9.79. The molecule has 4 rings (SSSR count). The topological polar surface area (TPSA) is 84.4 Å². The van der Waals surface area contributed by atoms with Gasteiger partial charge in [0, 0.05) is 29.4 Å². The zero-order valence-corrected chi connectivity index (χ0v) is 16.8. The van der Waals surface area contributed by atoms with Crippen LogP contribution >= 0.6 is 22.9 Å². The van der Waals surface area contributed by atoms with E-state index in [1.807, 2.05) is 37.3 Å². The lowest BCUT2D eigenvalue weighted by molar-refractivity contribution is -0.116. The highest BCUT2D eigenvalue weighted by atomic mass is 35.5. The monoisotopic (exact) mass is 409 g/mol. The van der Waals surface area contributed by atoms with E-state index in [1.165, 1.54) is 17.7 Å². The number of ketones is 1. The molecule has 0 spiro atoms. The highest BCUT2D eigenvalue weighted by Crippen LogP contribution is 2.41. The van der Waals surface area contributed by atoms with Crippen molar-refractivity contribution in [3.8, 4) is 32.5 Å².